The second-order valence-electron chi connectivity index (χ2n) is 2.22. The van der Waals surface area contributed by atoms with Crippen molar-refractivity contribution in [1.82, 2.24) is 0 Å². The van der Waals surface area contributed by atoms with Crippen LogP contribution < -0.4 is 0 Å². The SMILES string of the molecule is [C-]#[N+]CCc1cc(C)cs1. The quantitative estimate of drug-likeness (QED) is 0.572. The molecule has 0 saturated carbocycles. The standard InChI is InChI=1S/C8H9NS/c1-7-5-8(10-6-7)3-4-9-2/h5-6H,3-4H2,1H3. The second-order valence-corrected chi connectivity index (χ2v) is 3.22. The maximum atomic E-state index is 6.59. The van der Waals surface area contributed by atoms with Crippen LogP contribution in [0, 0.1) is 13.5 Å². The molecule has 0 aromatic carbocycles. The molecule has 0 radical (unpaired) electrons. The molecule has 0 aliphatic carbocycles. The molecule has 0 unspecified atom stereocenters. The molecule has 1 aromatic heterocycles. The maximum absolute atomic E-state index is 6.59. The number of hydrogen-bond donors (Lipinski definition) is 0. The summed E-state index contributed by atoms with van der Waals surface area (Å²) in [5.41, 5.74) is 1.31. The van der Waals surface area contributed by atoms with E-state index in [1.165, 1.54) is 10.4 Å². The monoisotopic (exact) mass is 151 g/mol. The van der Waals surface area contributed by atoms with Gasteiger partial charge in [0.1, 0.15) is 0 Å². The summed E-state index contributed by atoms with van der Waals surface area (Å²) in [5.74, 6) is 0. The second kappa shape index (κ2) is 3.38. The van der Waals surface area contributed by atoms with Gasteiger partial charge in [-0.15, -0.1) is 11.3 Å². The van der Waals surface area contributed by atoms with E-state index < -0.39 is 0 Å². The zero-order valence-corrected chi connectivity index (χ0v) is 6.74. The van der Waals surface area contributed by atoms with Crippen LogP contribution in [0.4, 0.5) is 0 Å². The number of rotatable bonds is 2. The molecule has 0 saturated heterocycles. The minimum Gasteiger partial charge on any atom is -0.317 e. The first kappa shape index (κ1) is 7.30. The normalized spacial score (nSPS) is 9.20. The molecule has 1 heterocycles. The van der Waals surface area contributed by atoms with E-state index in [9.17, 15) is 0 Å². The molecule has 0 N–H and O–H groups in total. The van der Waals surface area contributed by atoms with Crippen LogP contribution in [0.3, 0.4) is 0 Å². The fourth-order valence-corrected chi connectivity index (χ4v) is 1.66. The summed E-state index contributed by atoms with van der Waals surface area (Å²) >= 11 is 1.75. The van der Waals surface area contributed by atoms with Crippen molar-refractivity contribution in [1.29, 1.82) is 0 Å². The molecule has 1 aromatic rings. The van der Waals surface area contributed by atoms with Crippen molar-refractivity contribution in [3.63, 3.8) is 0 Å². The van der Waals surface area contributed by atoms with Crippen LogP contribution in [0.2, 0.25) is 0 Å². The van der Waals surface area contributed by atoms with Crippen molar-refractivity contribution in [3.05, 3.63) is 33.3 Å². The molecular weight excluding hydrogens is 142 g/mol. The highest BCUT2D eigenvalue weighted by Gasteiger charge is 1.96. The fourth-order valence-electron chi connectivity index (χ4n) is 0.788. The molecule has 0 bridgehead atoms. The summed E-state index contributed by atoms with van der Waals surface area (Å²) in [6.45, 7) is 9.29. The van der Waals surface area contributed by atoms with E-state index in [2.05, 4.69) is 23.2 Å². The van der Waals surface area contributed by atoms with Crippen molar-refractivity contribution in [2.24, 2.45) is 0 Å². The van der Waals surface area contributed by atoms with Crippen LogP contribution in [0.25, 0.3) is 4.85 Å². The molecule has 10 heavy (non-hydrogen) atoms. The molecule has 0 aliphatic rings. The summed E-state index contributed by atoms with van der Waals surface area (Å²) < 4.78 is 0. The predicted molar refractivity (Wildman–Crippen MR) is 44.2 cm³/mol. The summed E-state index contributed by atoms with van der Waals surface area (Å²) in [4.78, 5) is 4.62. The highest BCUT2D eigenvalue weighted by molar-refractivity contribution is 7.10. The maximum Gasteiger partial charge on any atom is 0.219 e. The molecule has 52 valence electrons. The van der Waals surface area contributed by atoms with Gasteiger partial charge in [0.25, 0.3) is 0 Å². The number of hydrogen-bond acceptors (Lipinski definition) is 1. The van der Waals surface area contributed by atoms with Crippen molar-refractivity contribution >= 4 is 11.3 Å². The highest BCUT2D eigenvalue weighted by atomic mass is 32.1. The Morgan fingerprint density at radius 2 is 2.50 bits per heavy atom. The molecule has 0 atom stereocenters. The topological polar surface area (TPSA) is 4.36 Å². The van der Waals surface area contributed by atoms with Gasteiger partial charge in [0.15, 0.2) is 0 Å². The van der Waals surface area contributed by atoms with E-state index >= 15 is 0 Å². The summed E-state index contributed by atoms with van der Waals surface area (Å²) in [5, 5.41) is 2.12. The van der Waals surface area contributed by atoms with Gasteiger partial charge in [-0.2, -0.15) is 0 Å². The van der Waals surface area contributed by atoms with Crippen molar-refractivity contribution in [3.8, 4) is 0 Å². The van der Waals surface area contributed by atoms with Gasteiger partial charge in [0.05, 0.1) is 6.42 Å². The Kier molecular flexibility index (Phi) is 2.47. The van der Waals surface area contributed by atoms with Crippen LogP contribution in [-0.2, 0) is 6.42 Å². The molecule has 0 amide bonds. The highest BCUT2D eigenvalue weighted by Crippen LogP contribution is 2.13. The van der Waals surface area contributed by atoms with E-state index in [1.807, 2.05) is 0 Å². The lowest BCUT2D eigenvalue weighted by Crippen LogP contribution is -1.80. The summed E-state index contributed by atoms with van der Waals surface area (Å²) in [6.07, 6.45) is 0.919. The zero-order valence-electron chi connectivity index (χ0n) is 5.92. The van der Waals surface area contributed by atoms with Gasteiger partial charge >= 0.3 is 0 Å². The number of aryl methyl sites for hydroxylation is 1. The lowest BCUT2D eigenvalue weighted by atomic mass is 10.3. The van der Waals surface area contributed by atoms with Crippen LogP contribution >= 0.6 is 11.3 Å². The van der Waals surface area contributed by atoms with Crippen LogP contribution in [0.15, 0.2) is 11.4 Å². The third-order valence-corrected chi connectivity index (χ3v) is 2.37. The summed E-state index contributed by atoms with van der Waals surface area (Å²) in [7, 11) is 0. The lowest BCUT2D eigenvalue weighted by molar-refractivity contribution is 1.11. The van der Waals surface area contributed by atoms with E-state index in [0.29, 0.717) is 6.54 Å². The zero-order chi connectivity index (χ0) is 7.40. The van der Waals surface area contributed by atoms with Crippen molar-refractivity contribution < 1.29 is 0 Å². The van der Waals surface area contributed by atoms with Gasteiger partial charge in [-0.25, -0.2) is 6.57 Å². The Hall–Kier alpha value is -0.810. The lowest BCUT2D eigenvalue weighted by Gasteiger charge is -1.83. The van der Waals surface area contributed by atoms with Gasteiger partial charge in [-0.05, 0) is 23.9 Å². The molecule has 2 heteroatoms. The Balaban J connectivity index is 2.52. The Morgan fingerprint density at radius 3 is 3.00 bits per heavy atom. The Labute approximate surface area is 65.1 Å². The van der Waals surface area contributed by atoms with Gasteiger partial charge in [0.2, 0.25) is 6.54 Å². The third kappa shape index (κ3) is 1.85. The van der Waals surface area contributed by atoms with E-state index in [1.54, 1.807) is 11.3 Å². The Bertz CT molecular complexity index is 244. The molecule has 0 spiro atoms. The first-order valence-electron chi connectivity index (χ1n) is 3.20. The first-order chi connectivity index (χ1) is 4.83. The molecule has 1 rings (SSSR count). The minimum atomic E-state index is 0.625. The average Bonchev–Trinajstić information content (AvgIpc) is 2.31. The predicted octanol–water partition coefficient (Wildman–Crippen LogP) is 2.52. The Morgan fingerprint density at radius 1 is 1.70 bits per heavy atom. The van der Waals surface area contributed by atoms with Gasteiger partial charge in [-0.3, -0.25) is 0 Å². The smallest absolute Gasteiger partial charge is 0.219 e. The van der Waals surface area contributed by atoms with Crippen molar-refractivity contribution in [2.75, 3.05) is 6.54 Å². The molecule has 0 fully saturated rings. The van der Waals surface area contributed by atoms with Gasteiger partial charge < -0.3 is 4.85 Å². The summed E-state index contributed by atoms with van der Waals surface area (Å²) in [6, 6.07) is 2.15. The van der Waals surface area contributed by atoms with Gasteiger partial charge in [-0.1, -0.05) is 0 Å². The molecule has 1 nitrogen and oxygen atoms in total. The van der Waals surface area contributed by atoms with Crippen molar-refractivity contribution in [2.45, 2.75) is 13.3 Å². The van der Waals surface area contributed by atoms with Crippen LogP contribution in [0.1, 0.15) is 10.4 Å². The van der Waals surface area contributed by atoms with Crippen LogP contribution in [0.5, 0.6) is 0 Å². The van der Waals surface area contributed by atoms with E-state index in [-0.39, 0.29) is 0 Å². The average molecular weight is 151 g/mol. The first-order valence-corrected chi connectivity index (χ1v) is 4.08. The van der Waals surface area contributed by atoms with E-state index in [0.717, 1.165) is 6.42 Å². The van der Waals surface area contributed by atoms with E-state index in [4.69, 9.17) is 6.57 Å². The molecule has 0 aliphatic heterocycles. The van der Waals surface area contributed by atoms with Gasteiger partial charge in [0, 0.05) is 4.88 Å². The third-order valence-electron chi connectivity index (χ3n) is 1.25. The number of nitrogens with zero attached hydrogens (tertiary/aromatic N) is 1. The fraction of sp³-hybridized carbons (Fsp3) is 0.375. The largest absolute Gasteiger partial charge is 0.317 e. The van der Waals surface area contributed by atoms with Crippen LogP contribution in [-0.4, -0.2) is 6.54 Å². The molecular formula is C8H9NS. The minimum absolute atomic E-state index is 0.625. The number of thiophene rings is 1.